The lowest BCUT2D eigenvalue weighted by Gasteiger charge is -2.20. The summed E-state index contributed by atoms with van der Waals surface area (Å²) in [5, 5.41) is 0.110. The summed E-state index contributed by atoms with van der Waals surface area (Å²) in [7, 11) is 0. The number of hydrogen-bond acceptors (Lipinski definition) is 4. The Hall–Kier alpha value is -2.60. The van der Waals surface area contributed by atoms with Crippen molar-refractivity contribution in [3.8, 4) is 11.3 Å². The van der Waals surface area contributed by atoms with Gasteiger partial charge in [0.1, 0.15) is 5.82 Å². The lowest BCUT2D eigenvalue weighted by atomic mass is 10.2. The summed E-state index contributed by atoms with van der Waals surface area (Å²) in [5.74, 6) is 0.299. The van der Waals surface area contributed by atoms with E-state index in [1.807, 2.05) is 30.0 Å². The summed E-state index contributed by atoms with van der Waals surface area (Å²) in [6.45, 7) is 2.56. The van der Waals surface area contributed by atoms with Crippen LogP contribution in [0.1, 0.15) is 12.5 Å². The summed E-state index contributed by atoms with van der Waals surface area (Å²) in [6.07, 6.45) is 2.48. The van der Waals surface area contributed by atoms with Gasteiger partial charge >= 0.3 is 0 Å². The number of carbonyl (C=O) groups excluding carboxylic acids is 1. The third-order valence-corrected chi connectivity index (χ3v) is 5.34. The Morgan fingerprint density at radius 1 is 1.23 bits per heavy atom. The lowest BCUT2D eigenvalue weighted by Crippen LogP contribution is -2.35. The van der Waals surface area contributed by atoms with Crippen molar-refractivity contribution < 1.29 is 13.6 Å². The summed E-state index contributed by atoms with van der Waals surface area (Å²) in [5.41, 5.74) is 2.94. The van der Waals surface area contributed by atoms with Crippen LogP contribution >= 0.6 is 11.8 Å². The minimum Gasteiger partial charge on any atom is -0.431 e. The number of rotatable bonds is 4. The molecule has 1 aromatic heterocycles. The summed E-state index contributed by atoms with van der Waals surface area (Å²) >= 11 is 1.29. The number of hydrogen-bond donors (Lipinski definition) is 0. The van der Waals surface area contributed by atoms with Crippen molar-refractivity contribution in [3.63, 3.8) is 0 Å². The van der Waals surface area contributed by atoms with Crippen LogP contribution in [0.2, 0.25) is 0 Å². The number of benzene rings is 2. The largest absolute Gasteiger partial charge is 0.431 e. The van der Waals surface area contributed by atoms with Crippen LogP contribution in [0.5, 0.6) is 0 Å². The molecule has 132 valence electrons. The van der Waals surface area contributed by atoms with Crippen molar-refractivity contribution in [3.05, 3.63) is 66.1 Å². The molecule has 0 N–H and O–H groups in total. The molecule has 0 bridgehead atoms. The molecule has 0 saturated carbocycles. The van der Waals surface area contributed by atoms with Gasteiger partial charge in [-0.1, -0.05) is 30.0 Å². The van der Waals surface area contributed by atoms with Gasteiger partial charge in [-0.3, -0.25) is 4.79 Å². The number of halogens is 1. The van der Waals surface area contributed by atoms with Crippen molar-refractivity contribution >= 4 is 23.4 Å². The SMILES string of the molecule is CC(Sc1ncc(-c2ccc(F)cc2)o1)C(=O)N1CCc2ccccc21. The standard InChI is InChI=1S/C20H17FN2O2S/c1-13(19(24)23-11-10-14-4-2-3-5-17(14)23)26-20-22-12-18(25-20)15-6-8-16(21)9-7-15/h2-9,12-13H,10-11H2,1H3. The van der Waals surface area contributed by atoms with Crippen molar-refractivity contribution in [1.82, 2.24) is 4.98 Å². The Kier molecular flexibility index (Phi) is 4.51. The third-order valence-electron chi connectivity index (χ3n) is 4.39. The van der Waals surface area contributed by atoms with Gasteiger partial charge in [0.2, 0.25) is 5.91 Å². The number of aromatic nitrogens is 1. The maximum atomic E-state index is 13.0. The number of carbonyl (C=O) groups is 1. The maximum Gasteiger partial charge on any atom is 0.256 e. The number of oxazole rings is 1. The van der Waals surface area contributed by atoms with Gasteiger partial charge in [-0.2, -0.15) is 0 Å². The average molecular weight is 368 g/mol. The maximum absolute atomic E-state index is 13.0. The second-order valence-electron chi connectivity index (χ2n) is 6.13. The van der Waals surface area contributed by atoms with Crippen LogP contribution in [0.3, 0.4) is 0 Å². The van der Waals surface area contributed by atoms with Crippen molar-refractivity contribution in [2.45, 2.75) is 23.8 Å². The zero-order valence-corrected chi connectivity index (χ0v) is 15.0. The Labute approximate surface area is 155 Å². The molecule has 2 heterocycles. The van der Waals surface area contributed by atoms with Gasteiger partial charge in [0.05, 0.1) is 11.4 Å². The van der Waals surface area contributed by atoms with Gasteiger partial charge in [-0.25, -0.2) is 9.37 Å². The highest BCUT2D eigenvalue weighted by atomic mass is 32.2. The monoisotopic (exact) mass is 368 g/mol. The minimum atomic E-state index is -0.319. The van der Waals surface area contributed by atoms with E-state index in [9.17, 15) is 9.18 Å². The molecule has 26 heavy (non-hydrogen) atoms. The van der Waals surface area contributed by atoms with E-state index >= 15 is 0 Å². The summed E-state index contributed by atoms with van der Waals surface area (Å²) in [6, 6.07) is 14.0. The van der Waals surface area contributed by atoms with Crippen LogP contribution in [0.25, 0.3) is 11.3 Å². The van der Waals surface area contributed by atoms with E-state index in [1.54, 1.807) is 18.3 Å². The van der Waals surface area contributed by atoms with E-state index in [1.165, 1.54) is 29.5 Å². The van der Waals surface area contributed by atoms with Crippen LogP contribution in [-0.2, 0) is 11.2 Å². The van der Waals surface area contributed by atoms with E-state index in [0.29, 0.717) is 17.5 Å². The molecule has 1 unspecified atom stereocenters. The van der Waals surface area contributed by atoms with Crippen LogP contribution in [0.15, 0.2) is 64.4 Å². The number of fused-ring (bicyclic) bond motifs is 1. The average Bonchev–Trinajstić information content (AvgIpc) is 3.29. The van der Waals surface area contributed by atoms with Gasteiger partial charge in [-0.15, -0.1) is 0 Å². The summed E-state index contributed by atoms with van der Waals surface area (Å²) < 4.78 is 18.8. The first-order valence-electron chi connectivity index (χ1n) is 8.39. The van der Waals surface area contributed by atoms with Crippen molar-refractivity contribution in [2.75, 3.05) is 11.4 Å². The first-order chi connectivity index (χ1) is 12.6. The smallest absolute Gasteiger partial charge is 0.256 e. The lowest BCUT2D eigenvalue weighted by molar-refractivity contribution is -0.117. The fourth-order valence-electron chi connectivity index (χ4n) is 3.05. The normalized spacial score (nSPS) is 14.3. The molecule has 1 atom stereocenters. The molecule has 0 saturated heterocycles. The van der Waals surface area contributed by atoms with Gasteiger partial charge in [0, 0.05) is 17.8 Å². The number of nitrogens with zero attached hydrogens (tertiary/aromatic N) is 2. The van der Waals surface area contributed by atoms with Gasteiger partial charge < -0.3 is 9.32 Å². The fourth-order valence-corrected chi connectivity index (χ4v) is 3.83. The molecule has 3 aromatic rings. The Balaban J connectivity index is 1.46. The van der Waals surface area contributed by atoms with Crippen LogP contribution in [0.4, 0.5) is 10.1 Å². The van der Waals surface area contributed by atoms with Crippen molar-refractivity contribution in [2.24, 2.45) is 0 Å². The molecule has 0 aliphatic carbocycles. The van der Waals surface area contributed by atoms with E-state index in [4.69, 9.17) is 4.42 Å². The molecular formula is C20H17FN2O2S. The molecule has 1 amide bonds. The molecule has 0 radical (unpaired) electrons. The van der Waals surface area contributed by atoms with Crippen LogP contribution in [-0.4, -0.2) is 22.7 Å². The Morgan fingerprint density at radius 2 is 2.00 bits per heavy atom. The molecule has 0 fully saturated rings. The third kappa shape index (κ3) is 3.24. The van der Waals surface area contributed by atoms with E-state index < -0.39 is 0 Å². The molecule has 6 heteroatoms. The predicted octanol–water partition coefficient (Wildman–Crippen LogP) is 4.55. The van der Waals surface area contributed by atoms with Crippen LogP contribution < -0.4 is 4.90 Å². The molecular weight excluding hydrogens is 351 g/mol. The predicted molar refractivity (Wildman–Crippen MR) is 99.7 cm³/mol. The molecule has 1 aliphatic heterocycles. The highest BCUT2D eigenvalue weighted by molar-refractivity contribution is 8.00. The van der Waals surface area contributed by atoms with E-state index in [0.717, 1.165) is 17.7 Å². The number of amides is 1. The van der Waals surface area contributed by atoms with E-state index in [2.05, 4.69) is 11.1 Å². The topological polar surface area (TPSA) is 46.3 Å². The minimum absolute atomic E-state index is 0.0430. The van der Waals surface area contributed by atoms with Crippen molar-refractivity contribution in [1.29, 1.82) is 0 Å². The Bertz CT molecular complexity index is 939. The molecule has 4 rings (SSSR count). The van der Waals surface area contributed by atoms with Gasteiger partial charge in [-0.05, 0) is 49.2 Å². The first-order valence-corrected chi connectivity index (χ1v) is 9.27. The zero-order valence-electron chi connectivity index (χ0n) is 14.2. The summed E-state index contributed by atoms with van der Waals surface area (Å²) in [4.78, 5) is 18.9. The molecule has 0 spiro atoms. The molecule has 4 nitrogen and oxygen atoms in total. The highest BCUT2D eigenvalue weighted by Gasteiger charge is 2.29. The second kappa shape index (κ2) is 6.96. The number of para-hydroxylation sites is 1. The first kappa shape index (κ1) is 16.8. The molecule has 1 aliphatic rings. The number of anilines is 1. The fraction of sp³-hybridized carbons (Fsp3) is 0.200. The number of thioether (sulfide) groups is 1. The Morgan fingerprint density at radius 3 is 2.81 bits per heavy atom. The second-order valence-corrected chi connectivity index (χ2v) is 7.42. The van der Waals surface area contributed by atoms with Crippen LogP contribution in [0, 0.1) is 5.82 Å². The van der Waals surface area contributed by atoms with Gasteiger partial charge in [0.15, 0.2) is 5.76 Å². The van der Waals surface area contributed by atoms with E-state index in [-0.39, 0.29) is 17.0 Å². The zero-order chi connectivity index (χ0) is 18.1. The quantitative estimate of drug-likeness (QED) is 0.634. The van der Waals surface area contributed by atoms with Gasteiger partial charge in [0.25, 0.3) is 5.22 Å². The highest BCUT2D eigenvalue weighted by Crippen LogP contribution is 2.32. The molecule has 2 aromatic carbocycles.